The van der Waals surface area contributed by atoms with Gasteiger partial charge in [0.2, 0.25) is 0 Å². The number of carbonyl (C=O) groups is 1. The van der Waals surface area contributed by atoms with Gasteiger partial charge in [-0.15, -0.1) is 0 Å². The summed E-state index contributed by atoms with van der Waals surface area (Å²) in [6.45, 7) is -0.680. The van der Waals surface area contributed by atoms with Crippen molar-refractivity contribution in [1.29, 1.82) is 0 Å². The molecule has 0 saturated carbocycles. The zero-order valence-electron chi connectivity index (χ0n) is 6.37. The van der Waals surface area contributed by atoms with Gasteiger partial charge in [0.1, 0.15) is 24.6 Å². The molecule has 0 fully saturated rings. The van der Waals surface area contributed by atoms with Crippen LogP contribution in [0.5, 0.6) is 0 Å². The molecule has 6 heteroatoms. The highest BCUT2D eigenvalue weighted by Crippen LogP contribution is 2.00. The predicted octanol–water partition coefficient (Wildman–Crippen LogP) is -3.41. The summed E-state index contributed by atoms with van der Waals surface area (Å²) >= 11 is 0. The maximum atomic E-state index is 9.98. The first-order valence-corrected chi connectivity index (χ1v) is 3.40. The van der Waals surface area contributed by atoms with E-state index >= 15 is 0 Å². The van der Waals surface area contributed by atoms with Crippen molar-refractivity contribution < 1.29 is 25.2 Å². The lowest BCUT2D eigenvalue weighted by molar-refractivity contribution is -0.119. The van der Waals surface area contributed by atoms with Gasteiger partial charge in [0.15, 0.2) is 0 Å². The average Bonchev–Trinajstić information content (AvgIpc) is 2.12. The second-order valence-electron chi connectivity index (χ2n) is 2.44. The first kappa shape index (κ1) is 11.5. The van der Waals surface area contributed by atoms with E-state index in [-0.39, 0.29) is 6.29 Å². The third-order valence-electron chi connectivity index (χ3n) is 1.51. The highest BCUT2D eigenvalue weighted by atomic mass is 16.4. The summed E-state index contributed by atoms with van der Waals surface area (Å²) in [5.74, 6) is 0. The van der Waals surface area contributed by atoms with Gasteiger partial charge in [0.05, 0.1) is 12.6 Å². The summed E-state index contributed by atoms with van der Waals surface area (Å²) in [5.41, 5.74) is 5.15. The SMILES string of the molecule is N[C@@H]([C@@H](O)[C@H](O)CO)[C@@H](O)C=O. The Morgan fingerprint density at radius 1 is 1.33 bits per heavy atom. The van der Waals surface area contributed by atoms with Gasteiger partial charge >= 0.3 is 0 Å². The third-order valence-corrected chi connectivity index (χ3v) is 1.51. The molecule has 0 unspecified atom stereocenters. The van der Waals surface area contributed by atoms with Crippen LogP contribution in [-0.4, -0.2) is 57.7 Å². The number of aliphatic hydroxyl groups excluding tert-OH is 4. The van der Waals surface area contributed by atoms with Crippen LogP contribution in [-0.2, 0) is 4.79 Å². The number of rotatable bonds is 5. The Morgan fingerprint density at radius 3 is 2.17 bits per heavy atom. The van der Waals surface area contributed by atoms with Gasteiger partial charge in [0, 0.05) is 0 Å². The maximum absolute atomic E-state index is 9.98. The molecule has 0 amide bonds. The molecule has 0 spiro atoms. The summed E-state index contributed by atoms with van der Waals surface area (Å²) in [7, 11) is 0. The minimum absolute atomic E-state index is 0.151. The van der Waals surface area contributed by atoms with Crippen molar-refractivity contribution in [2.75, 3.05) is 6.61 Å². The number of nitrogens with two attached hydrogens (primary N) is 1. The van der Waals surface area contributed by atoms with E-state index in [1.807, 2.05) is 0 Å². The monoisotopic (exact) mass is 179 g/mol. The van der Waals surface area contributed by atoms with Crippen LogP contribution in [0.15, 0.2) is 0 Å². The van der Waals surface area contributed by atoms with E-state index in [1.54, 1.807) is 0 Å². The van der Waals surface area contributed by atoms with Crippen LogP contribution in [0.2, 0.25) is 0 Å². The fourth-order valence-electron chi connectivity index (χ4n) is 0.657. The van der Waals surface area contributed by atoms with Crippen molar-refractivity contribution in [2.24, 2.45) is 5.73 Å². The van der Waals surface area contributed by atoms with E-state index < -0.39 is 31.0 Å². The van der Waals surface area contributed by atoms with Crippen LogP contribution >= 0.6 is 0 Å². The second kappa shape index (κ2) is 5.18. The lowest BCUT2D eigenvalue weighted by atomic mass is 10.0. The smallest absolute Gasteiger partial charge is 0.150 e. The van der Waals surface area contributed by atoms with Crippen LogP contribution in [0.1, 0.15) is 0 Å². The van der Waals surface area contributed by atoms with E-state index in [9.17, 15) is 4.79 Å². The van der Waals surface area contributed by atoms with E-state index in [4.69, 9.17) is 26.2 Å². The van der Waals surface area contributed by atoms with Crippen molar-refractivity contribution in [2.45, 2.75) is 24.4 Å². The van der Waals surface area contributed by atoms with Crippen molar-refractivity contribution >= 4 is 6.29 Å². The Labute approximate surface area is 69.2 Å². The van der Waals surface area contributed by atoms with E-state index in [0.29, 0.717) is 0 Å². The lowest BCUT2D eigenvalue weighted by Gasteiger charge is -2.23. The summed E-state index contributed by atoms with van der Waals surface area (Å²) in [6.07, 6.45) is -4.36. The number of aliphatic hydroxyl groups is 4. The van der Waals surface area contributed by atoms with Gasteiger partial charge in [-0.2, -0.15) is 0 Å². The molecule has 0 aromatic rings. The van der Waals surface area contributed by atoms with Crippen molar-refractivity contribution in [3.63, 3.8) is 0 Å². The Balaban J connectivity index is 4.07. The molecular formula is C6H13NO5. The van der Waals surface area contributed by atoms with Gasteiger partial charge in [-0.25, -0.2) is 0 Å². The van der Waals surface area contributed by atoms with Crippen LogP contribution in [0, 0.1) is 0 Å². The molecule has 0 aliphatic carbocycles. The number of hydrogen-bond acceptors (Lipinski definition) is 6. The molecule has 0 bridgehead atoms. The van der Waals surface area contributed by atoms with E-state index in [1.165, 1.54) is 0 Å². The number of hydrogen-bond donors (Lipinski definition) is 5. The topological polar surface area (TPSA) is 124 Å². The molecule has 0 rings (SSSR count). The molecule has 12 heavy (non-hydrogen) atoms. The molecule has 0 heterocycles. The minimum Gasteiger partial charge on any atom is -0.394 e. The third kappa shape index (κ3) is 2.84. The lowest BCUT2D eigenvalue weighted by Crippen LogP contribution is -2.51. The molecular weight excluding hydrogens is 166 g/mol. The van der Waals surface area contributed by atoms with Crippen molar-refractivity contribution in [3.05, 3.63) is 0 Å². The zero-order chi connectivity index (χ0) is 9.72. The number of aldehydes is 1. The quantitative estimate of drug-likeness (QED) is 0.280. The van der Waals surface area contributed by atoms with Crippen LogP contribution in [0.4, 0.5) is 0 Å². The highest BCUT2D eigenvalue weighted by Gasteiger charge is 2.27. The Morgan fingerprint density at radius 2 is 1.83 bits per heavy atom. The largest absolute Gasteiger partial charge is 0.394 e. The molecule has 0 aromatic heterocycles. The number of carbonyl (C=O) groups excluding carboxylic acids is 1. The van der Waals surface area contributed by atoms with Gasteiger partial charge in [-0.05, 0) is 0 Å². The van der Waals surface area contributed by atoms with Crippen LogP contribution in [0.25, 0.3) is 0 Å². The van der Waals surface area contributed by atoms with Gasteiger partial charge in [-0.3, -0.25) is 0 Å². The van der Waals surface area contributed by atoms with E-state index in [2.05, 4.69) is 0 Å². The Bertz CT molecular complexity index is 142. The molecule has 72 valence electrons. The Kier molecular flexibility index (Phi) is 4.95. The summed E-state index contributed by atoms with van der Waals surface area (Å²) in [6, 6.07) is -1.29. The standard InChI is InChI=1S/C6H13NO5/c7-5(3(10)1-8)6(12)4(11)2-9/h1,3-6,9-12H,2,7H2/t3-,4+,5+,6-/m0/s1. The van der Waals surface area contributed by atoms with Crippen LogP contribution < -0.4 is 5.73 Å². The van der Waals surface area contributed by atoms with Crippen LogP contribution in [0.3, 0.4) is 0 Å². The van der Waals surface area contributed by atoms with Crippen molar-refractivity contribution in [1.82, 2.24) is 0 Å². The average molecular weight is 179 g/mol. The van der Waals surface area contributed by atoms with Crippen molar-refractivity contribution in [3.8, 4) is 0 Å². The minimum atomic E-state index is -1.54. The normalized spacial score (nSPS) is 21.1. The molecule has 6 N–H and O–H groups in total. The van der Waals surface area contributed by atoms with Gasteiger partial charge < -0.3 is 31.0 Å². The molecule has 6 nitrogen and oxygen atoms in total. The summed E-state index contributed by atoms with van der Waals surface area (Å²) in [5, 5.41) is 35.0. The molecule has 0 saturated heterocycles. The summed E-state index contributed by atoms with van der Waals surface area (Å²) in [4.78, 5) is 9.98. The fourth-order valence-corrected chi connectivity index (χ4v) is 0.657. The first-order valence-electron chi connectivity index (χ1n) is 3.40. The highest BCUT2D eigenvalue weighted by molar-refractivity contribution is 5.57. The second-order valence-corrected chi connectivity index (χ2v) is 2.44. The molecule has 4 atom stereocenters. The Hall–Kier alpha value is -0.530. The molecule has 0 aromatic carbocycles. The molecule has 0 aliphatic rings. The molecule has 0 radical (unpaired) electrons. The maximum Gasteiger partial charge on any atom is 0.150 e. The van der Waals surface area contributed by atoms with Gasteiger partial charge in [0.25, 0.3) is 0 Å². The first-order chi connectivity index (χ1) is 5.54. The zero-order valence-corrected chi connectivity index (χ0v) is 6.37. The summed E-state index contributed by atoms with van der Waals surface area (Å²) < 4.78 is 0. The van der Waals surface area contributed by atoms with E-state index in [0.717, 1.165) is 0 Å². The van der Waals surface area contributed by atoms with Gasteiger partial charge in [-0.1, -0.05) is 0 Å². The predicted molar refractivity (Wildman–Crippen MR) is 39.1 cm³/mol. The molecule has 0 aliphatic heterocycles. The fraction of sp³-hybridized carbons (Fsp3) is 0.833.